The van der Waals surface area contributed by atoms with E-state index >= 15 is 0 Å². The van der Waals surface area contributed by atoms with Gasteiger partial charge in [-0.05, 0) is 35.7 Å². The molecule has 0 fully saturated rings. The van der Waals surface area contributed by atoms with Crippen molar-refractivity contribution in [1.82, 2.24) is 10.2 Å². The zero-order valence-electron chi connectivity index (χ0n) is 17.2. The Morgan fingerprint density at radius 3 is 2.45 bits per heavy atom. The van der Waals surface area contributed by atoms with E-state index < -0.39 is 36.2 Å². The van der Waals surface area contributed by atoms with Crippen LogP contribution in [-0.4, -0.2) is 47.6 Å². The van der Waals surface area contributed by atoms with Crippen LogP contribution in [0.3, 0.4) is 0 Å². The number of halogens is 3. The summed E-state index contributed by atoms with van der Waals surface area (Å²) >= 11 is 0. The molecule has 0 saturated carbocycles. The minimum Gasteiger partial charge on any atom is -0.390 e. The fourth-order valence-electron chi connectivity index (χ4n) is 2.96. The molecule has 2 aromatic carbocycles. The molecule has 0 heterocycles. The molecule has 0 spiro atoms. The van der Waals surface area contributed by atoms with Crippen molar-refractivity contribution in [2.45, 2.75) is 32.2 Å². The van der Waals surface area contributed by atoms with Crippen LogP contribution in [0.4, 0.5) is 13.2 Å². The molecular formula is C22H26F3N3O3. The molecule has 1 atom stereocenters. The van der Waals surface area contributed by atoms with Gasteiger partial charge < -0.3 is 21.1 Å². The molecule has 2 amide bonds. The number of rotatable bonds is 9. The van der Waals surface area contributed by atoms with E-state index in [-0.39, 0.29) is 25.2 Å². The zero-order chi connectivity index (χ0) is 23.0. The highest BCUT2D eigenvalue weighted by molar-refractivity contribution is 5.96. The van der Waals surface area contributed by atoms with E-state index in [4.69, 9.17) is 5.73 Å². The number of nitrogens with zero attached hydrogens (tertiary/aromatic N) is 1. The number of aryl methyl sites for hydroxylation is 1. The monoisotopic (exact) mass is 437 g/mol. The van der Waals surface area contributed by atoms with Crippen molar-refractivity contribution >= 4 is 11.8 Å². The Morgan fingerprint density at radius 1 is 1.13 bits per heavy atom. The average Bonchev–Trinajstić information content (AvgIpc) is 2.76. The minimum absolute atomic E-state index is 0.0366. The van der Waals surface area contributed by atoms with E-state index in [2.05, 4.69) is 5.32 Å². The quantitative estimate of drug-likeness (QED) is 0.561. The number of hydrogen-bond donors (Lipinski definition) is 3. The highest BCUT2D eigenvalue weighted by Crippen LogP contribution is 2.29. The van der Waals surface area contributed by atoms with E-state index in [1.54, 1.807) is 0 Å². The highest BCUT2D eigenvalue weighted by atomic mass is 19.4. The number of aliphatic hydroxyl groups excluding tert-OH is 1. The number of nitrogens with one attached hydrogen (secondary N) is 1. The molecule has 4 N–H and O–H groups in total. The first-order valence-electron chi connectivity index (χ1n) is 9.83. The van der Waals surface area contributed by atoms with Gasteiger partial charge in [0, 0.05) is 25.2 Å². The van der Waals surface area contributed by atoms with E-state index in [1.165, 1.54) is 11.0 Å². The Kier molecular flexibility index (Phi) is 8.58. The van der Waals surface area contributed by atoms with Crippen molar-refractivity contribution in [2.75, 3.05) is 19.6 Å². The standard InChI is InChI=1S/C22H26F3N3O3/c1-2-15-5-3-6-16(9-15)13-28(14-19(29)11-26)20(30)12-27-21(31)17-7-4-8-18(10-17)22(23,24)25/h3-10,19,29H,2,11-14,26H2,1H3,(H,27,31)/t19-/m0/s1. The normalized spacial score (nSPS) is 12.3. The Morgan fingerprint density at radius 2 is 1.81 bits per heavy atom. The van der Waals surface area contributed by atoms with Gasteiger partial charge in [0.15, 0.2) is 0 Å². The van der Waals surface area contributed by atoms with Gasteiger partial charge in [-0.1, -0.05) is 37.3 Å². The molecule has 0 saturated heterocycles. The van der Waals surface area contributed by atoms with Gasteiger partial charge in [-0.2, -0.15) is 13.2 Å². The van der Waals surface area contributed by atoms with Crippen molar-refractivity contribution in [2.24, 2.45) is 5.73 Å². The van der Waals surface area contributed by atoms with Crippen LogP contribution in [-0.2, 0) is 23.9 Å². The molecule has 0 aromatic heterocycles. The smallest absolute Gasteiger partial charge is 0.390 e. The minimum atomic E-state index is -4.58. The number of carbonyl (C=O) groups is 2. The Balaban J connectivity index is 2.08. The maximum Gasteiger partial charge on any atom is 0.416 e. The van der Waals surface area contributed by atoms with Crippen LogP contribution in [0, 0.1) is 0 Å². The number of aliphatic hydroxyl groups is 1. The van der Waals surface area contributed by atoms with Gasteiger partial charge in [0.2, 0.25) is 5.91 Å². The van der Waals surface area contributed by atoms with Gasteiger partial charge in [0.05, 0.1) is 18.2 Å². The third-order valence-electron chi connectivity index (χ3n) is 4.68. The van der Waals surface area contributed by atoms with Crippen molar-refractivity contribution in [3.63, 3.8) is 0 Å². The predicted molar refractivity (Wildman–Crippen MR) is 110 cm³/mol. The summed E-state index contributed by atoms with van der Waals surface area (Å²) < 4.78 is 38.5. The first-order valence-corrected chi connectivity index (χ1v) is 9.83. The lowest BCUT2D eigenvalue weighted by molar-refractivity contribution is -0.137. The Labute approximate surface area is 178 Å². The summed E-state index contributed by atoms with van der Waals surface area (Å²) in [6, 6.07) is 11.6. The van der Waals surface area contributed by atoms with Crippen LogP contribution >= 0.6 is 0 Å². The van der Waals surface area contributed by atoms with E-state index in [0.29, 0.717) is 0 Å². The maximum atomic E-state index is 12.8. The van der Waals surface area contributed by atoms with Gasteiger partial charge in [0.1, 0.15) is 0 Å². The van der Waals surface area contributed by atoms with Crippen LogP contribution < -0.4 is 11.1 Å². The topological polar surface area (TPSA) is 95.7 Å². The van der Waals surface area contributed by atoms with Crippen LogP contribution in [0.25, 0.3) is 0 Å². The number of hydrogen-bond acceptors (Lipinski definition) is 4. The number of benzene rings is 2. The predicted octanol–water partition coefficient (Wildman–Crippen LogP) is 2.35. The summed E-state index contributed by atoms with van der Waals surface area (Å²) in [5.41, 5.74) is 6.24. The lowest BCUT2D eigenvalue weighted by Gasteiger charge is -2.25. The lowest BCUT2D eigenvalue weighted by atomic mass is 10.1. The Bertz CT molecular complexity index is 903. The number of nitrogens with two attached hydrogens (primary N) is 1. The second kappa shape index (κ2) is 10.9. The summed E-state index contributed by atoms with van der Waals surface area (Å²) in [6.45, 7) is 1.69. The van der Waals surface area contributed by atoms with Crippen LogP contribution in [0.1, 0.15) is 34.0 Å². The van der Waals surface area contributed by atoms with Gasteiger partial charge in [-0.15, -0.1) is 0 Å². The Hall–Kier alpha value is -2.91. The zero-order valence-corrected chi connectivity index (χ0v) is 17.2. The summed E-state index contributed by atoms with van der Waals surface area (Å²) in [5, 5.41) is 12.3. The van der Waals surface area contributed by atoms with Crippen molar-refractivity contribution in [1.29, 1.82) is 0 Å². The van der Waals surface area contributed by atoms with Crippen molar-refractivity contribution < 1.29 is 27.9 Å². The van der Waals surface area contributed by atoms with Gasteiger partial charge in [-0.3, -0.25) is 9.59 Å². The summed E-state index contributed by atoms with van der Waals surface area (Å²) in [4.78, 5) is 26.3. The van der Waals surface area contributed by atoms with Gasteiger partial charge in [0.25, 0.3) is 5.91 Å². The molecule has 0 aliphatic rings. The van der Waals surface area contributed by atoms with Crippen LogP contribution in [0.2, 0.25) is 0 Å². The number of amides is 2. The SMILES string of the molecule is CCc1cccc(CN(C[C@@H](O)CN)C(=O)CNC(=O)c2cccc(C(F)(F)F)c2)c1. The molecule has 6 nitrogen and oxygen atoms in total. The summed E-state index contributed by atoms with van der Waals surface area (Å²) in [7, 11) is 0. The molecule has 0 bridgehead atoms. The first-order chi connectivity index (χ1) is 14.6. The molecule has 0 radical (unpaired) electrons. The van der Waals surface area contributed by atoms with Crippen LogP contribution in [0.5, 0.6) is 0 Å². The molecule has 0 aliphatic heterocycles. The first kappa shape index (κ1) is 24.4. The number of alkyl halides is 3. The van der Waals surface area contributed by atoms with E-state index in [0.717, 1.165) is 35.7 Å². The third kappa shape index (κ3) is 7.37. The van der Waals surface area contributed by atoms with E-state index in [1.807, 2.05) is 31.2 Å². The average molecular weight is 437 g/mol. The molecular weight excluding hydrogens is 411 g/mol. The molecule has 2 rings (SSSR count). The van der Waals surface area contributed by atoms with Gasteiger partial charge in [-0.25, -0.2) is 0 Å². The largest absolute Gasteiger partial charge is 0.416 e. The van der Waals surface area contributed by atoms with Gasteiger partial charge >= 0.3 is 6.18 Å². The molecule has 0 aliphatic carbocycles. The number of carbonyl (C=O) groups excluding carboxylic acids is 2. The third-order valence-corrected chi connectivity index (χ3v) is 4.68. The summed E-state index contributed by atoms with van der Waals surface area (Å²) in [5.74, 6) is -1.29. The second-order valence-corrected chi connectivity index (χ2v) is 7.10. The fourth-order valence-corrected chi connectivity index (χ4v) is 2.96. The lowest BCUT2D eigenvalue weighted by Crippen LogP contribution is -2.44. The maximum absolute atomic E-state index is 12.8. The molecule has 0 unspecified atom stereocenters. The molecule has 31 heavy (non-hydrogen) atoms. The summed E-state index contributed by atoms with van der Waals surface area (Å²) in [6.07, 6.45) is -4.70. The molecule has 2 aromatic rings. The van der Waals surface area contributed by atoms with Crippen LogP contribution in [0.15, 0.2) is 48.5 Å². The second-order valence-electron chi connectivity index (χ2n) is 7.10. The van der Waals surface area contributed by atoms with E-state index in [9.17, 15) is 27.9 Å². The fraction of sp³-hybridized carbons (Fsp3) is 0.364. The molecule has 9 heteroatoms. The highest BCUT2D eigenvalue weighted by Gasteiger charge is 2.31. The molecule has 168 valence electrons. The van der Waals surface area contributed by atoms with Crippen molar-refractivity contribution in [3.05, 3.63) is 70.8 Å². The van der Waals surface area contributed by atoms with Crippen molar-refractivity contribution in [3.8, 4) is 0 Å².